The molecule has 0 saturated carbocycles. The molecule has 0 amide bonds. The molecular formula is C18H18O2S. The first kappa shape index (κ1) is 14.1. The SMILES string of the molecule is COc1ccc(C2=C(c3ccc(OC)cc3)CSC2)cc1. The van der Waals surface area contributed by atoms with Crippen LogP contribution < -0.4 is 9.47 Å². The van der Waals surface area contributed by atoms with Crippen molar-refractivity contribution >= 4 is 22.9 Å². The highest BCUT2D eigenvalue weighted by Crippen LogP contribution is 2.38. The van der Waals surface area contributed by atoms with Crippen LogP contribution in [0.2, 0.25) is 0 Å². The number of benzene rings is 2. The van der Waals surface area contributed by atoms with Gasteiger partial charge < -0.3 is 9.47 Å². The van der Waals surface area contributed by atoms with Gasteiger partial charge in [0.25, 0.3) is 0 Å². The fourth-order valence-electron chi connectivity index (χ4n) is 2.53. The van der Waals surface area contributed by atoms with Crippen LogP contribution in [0.1, 0.15) is 11.1 Å². The minimum absolute atomic E-state index is 0.899. The third-order valence-electron chi connectivity index (χ3n) is 3.73. The van der Waals surface area contributed by atoms with Crippen molar-refractivity contribution in [1.82, 2.24) is 0 Å². The Hall–Kier alpha value is -1.87. The summed E-state index contributed by atoms with van der Waals surface area (Å²) in [6.07, 6.45) is 0. The lowest BCUT2D eigenvalue weighted by Gasteiger charge is -2.09. The third-order valence-corrected chi connectivity index (χ3v) is 4.72. The van der Waals surface area contributed by atoms with E-state index in [1.54, 1.807) is 14.2 Å². The van der Waals surface area contributed by atoms with Crippen LogP contribution in [0.3, 0.4) is 0 Å². The molecule has 1 aliphatic rings. The van der Waals surface area contributed by atoms with Crippen LogP contribution in [-0.2, 0) is 0 Å². The molecule has 1 aliphatic heterocycles. The number of thioether (sulfide) groups is 1. The second-order valence-corrected chi connectivity index (χ2v) is 5.89. The van der Waals surface area contributed by atoms with Crippen LogP contribution in [0.4, 0.5) is 0 Å². The zero-order valence-corrected chi connectivity index (χ0v) is 13.1. The first-order valence-corrected chi connectivity index (χ1v) is 8.06. The van der Waals surface area contributed by atoms with Gasteiger partial charge in [0.1, 0.15) is 11.5 Å². The molecule has 0 bridgehead atoms. The normalized spacial score (nSPS) is 14.4. The molecule has 2 aromatic rings. The molecule has 0 radical (unpaired) electrons. The van der Waals surface area contributed by atoms with Crippen LogP contribution >= 0.6 is 11.8 Å². The summed E-state index contributed by atoms with van der Waals surface area (Å²) in [5, 5.41) is 0. The number of ether oxygens (including phenoxy) is 2. The summed E-state index contributed by atoms with van der Waals surface area (Å²) in [5.41, 5.74) is 5.42. The van der Waals surface area contributed by atoms with E-state index in [2.05, 4.69) is 24.3 Å². The van der Waals surface area contributed by atoms with E-state index in [1.165, 1.54) is 22.3 Å². The van der Waals surface area contributed by atoms with Gasteiger partial charge in [0.05, 0.1) is 14.2 Å². The van der Waals surface area contributed by atoms with Gasteiger partial charge in [0.15, 0.2) is 0 Å². The van der Waals surface area contributed by atoms with Gasteiger partial charge in [-0.25, -0.2) is 0 Å². The van der Waals surface area contributed by atoms with Gasteiger partial charge in [-0.2, -0.15) is 11.8 Å². The summed E-state index contributed by atoms with van der Waals surface area (Å²) in [6, 6.07) is 16.7. The van der Waals surface area contributed by atoms with Crippen molar-refractivity contribution in [3.05, 3.63) is 59.7 Å². The Kier molecular flexibility index (Phi) is 4.20. The van der Waals surface area contributed by atoms with Crippen molar-refractivity contribution in [2.24, 2.45) is 0 Å². The monoisotopic (exact) mass is 298 g/mol. The Morgan fingerprint density at radius 1 is 0.667 bits per heavy atom. The maximum Gasteiger partial charge on any atom is 0.118 e. The zero-order chi connectivity index (χ0) is 14.7. The molecule has 0 fully saturated rings. The fourth-order valence-corrected chi connectivity index (χ4v) is 3.72. The maximum absolute atomic E-state index is 5.23. The van der Waals surface area contributed by atoms with Gasteiger partial charge in [-0.3, -0.25) is 0 Å². The highest BCUT2D eigenvalue weighted by molar-refractivity contribution is 8.00. The van der Waals surface area contributed by atoms with Crippen LogP contribution in [0.5, 0.6) is 11.5 Å². The van der Waals surface area contributed by atoms with E-state index in [9.17, 15) is 0 Å². The van der Waals surface area contributed by atoms with E-state index in [4.69, 9.17) is 9.47 Å². The largest absolute Gasteiger partial charge is 0.497 e. The summed E-state index contributed by atoms with van der Waals surface area (Å²) < 4.78 is 10.5. The average Bonchev–Trinajstić information content (AvgIpc) is 3.04. The minimum atomic E-state index is 0.899. The quantitative estimate of drug-likeness (QED) is 0.835. The van der Waals surface area contributed by atoms with E-state index in [0.29, 0.717) is 0 Å². The molecule has 0 unspecified atom stereocenters. The van der Waals surface area contributed by atoms with Crippen LogP contribution in [0.25, 0.3) is 11.1 Å². The molecule has 2 aromatic carbocycles. The topological polar surface area (TPSA) is 18.5 Å². The lowest BCUT2D eigenvalue weighted by atomic mass is 9.97. The molecule has 21 heavy (non-hydrogen) atoms. The Morgan fingerprint density at radius 3 is 1.38 bits per heavy atom. The van der Waals surface area contributed by atoms with Gasteiger partial charge in [-0.15, -0.1) is 0 Å². The molecule has 3 rings (SSSR count). The summed E-state index contributed by atoms with van der Waals surface area (Å²) in [6.45, 7) is 0. The smallest absolute Gasteiger partial charge is 0.118 e. The van der Waals surface area contributed by atoms with E-state index >= 15 is 0 Å². The van der Waals surface area contributed by atoms with Crippen molar-refractivity contribution in [3.63, 3.8) is 0 Å². The minimum Gasteiger partial charge on any atom is -0.497 e. The van der Waals surface area contributed by atoms with E-state index in [-0.39, 0.29) is 0 Å². The third kappa shape index (κ3) is 2.93. The van der Waals surface area contributed by atoms with Crippen LogP contribution in [0.15, 0.2) is 48.5 Å². The number of rotatable bonds is 4. The van der Waals surface area contributed by atoms with Crippen molar-refractivity contribution in [2.75, 3.05) is 25.7 Å². The molecule has 1 heterocycles. The Morgan fingerprint density at radius 2 is 1.05 bits per heavy atom. The summed E-state index contributed by atoms with van der Waals surface area (Å²) in [5.74, 6) is 3.92. The highest BCUT2D eigenvalue weighted by atomic mass is 32.2. The molecule has 0 atom stereocenters. The van der Waals surface area contributed by atoms with Crippen LogP contribution in [0, 0.1) is 0 Å². The molecule has 0 saturated heterocycles. The van der Waals surface area contributed by atoms with Gasteiger partial charge in [0.2, 0.25) is 0 Å². The first-order chi connectivity index (χ1) is 10.3. The summed E-state index contributed by atoms with van der Waals surface area (Å²) in [7, 11) is 3.39. The van der Waals surface area contributed by atoms with Crippen LogP contribution in [-0.4, -0.2) is 25.7 Å². The van der Waals surface area contributed by atoms with Crippen molar-refractivity contribution in [3.8, 4) is 11.5 Å². The standard InChI is InChI=1S/C18H18O2S/c1-19-15-7-3-13(4-8-15)17-11-21-12-18(17)14-5-9-16(20-2)10-6-14/h3-10H,11-12H2,1-2H3. The molecule has 0 aliphatic carbocycles. The van der Waals surface area contributed by atoms with E-state index in [1.807, 2.05) is 36.0 Å². The molecule has 2 nitrogen and oxygen atoms in total. The van der Waals surface area contributed by atoms with Gasteiger partial charge >= 0.3 is 0 Å². The predicted octanol–water partition coefficient (Wildman–Crippen LogP) is 4.36. The number of hydrogen-bond acceptors (Lipinski definition) is 3. The first-order valence-electron chi connectivity index (χ1n) is 6.90. The molecule has 0 aromatic heterocycles. The van der Waals surface area contributed by atoms with Gasteiger partial charge in [-0.1, -0.05) is 24.3 Å². The Labute approximate surface area is 129 Å². The number of hydrogen-bond donors (Lipinski definition) is 0. The maximum atomic E-state index is 5.23. The molecule has 108 valence electrons. The summed E-state index contributed by atoms with van der Waals surface area (Å²) >= 11 is 1.96. The Bertz CT molecular complexity index is 584. The van der Waals surface area contributed by atoms with Crippen molar-refractivity contribution in [1.29, 1.82) is 0 Å². The van der Waals surface area contributed by atoms with Crippen molar-refractivity contribution < 1.29 is 9.47 Å². The van der Waals surface area contributed by atoms with Gasteiger partial charge in [0, 0.05) is 11.5 Å². The Balaban J connectivity index is 1.96. The van der Waals surface area contributed by atoms with E-state index < -0.39 is 0 Å². The van der Waals surface area contributed by atoms with Crippen molar-refractivity contribution in [2.45, 2.75) is 0 Å². The lowest BCUT2D eigenvalue weighted by molar-refractivity contribution is 0.414. The van der Waals surface area contributed by atoms with E-state index in [0.717, 1.165) is 23.0 Å². The average molecular weight is 298 g/mol. The summed E-state index contributed by atoms with van der Waals surface area (Å²) in [4.78, 5) is 0. The second-order valence-electron chi connectivity index (χ2n) is 4.91. The molecule has 0 N–H and O–H groups in total. The lowest BCUT2D eigenvalue weighted by Crippen LogP contribution is -1.91. The zero-order valence-electron chi connectivity index (χ0n) is 12.3. The second kappa shape index (κ2) is 6.27. The predicted molar refractivity (Wildman–Crippen MR) is 90.1 cm³/mol. The molecular weight excluding hydrogens is 280 g/mol. The highest BCUT2D eigenvalue weighted by Gasteiger charge is 2.18. The van der Waals surface area contributed by atoms with Gasteiger partial charge in [-0.05, 0) is 46.5 Å². The number of methoxy groups -OCH3 is 2. The molecule has 0 spiro atoms. The molecule has 3 heteroatoms. The fraction of sp³-hybridized carbons (Fsp3) is 0.222.